The van der Waals surface area contributed by atoms with Gasteiger partial charge in [-0.05, 0) is 32.4 Å². The molecule has 2 atom stereocenters. The first-order valence-electron chi connectivity index (χ1n) is 8.21. The van der Waals surface area contributed by atoms with Gasteiger partial charge in [0, 0.05) is 12.7 Å². The summed E-state index contributed by atoms with van der Waals surface area (Å²) in [5.41, 5.74) is 0.400. The Morgan fingerprint density at radius 1 is 1.32 bits per heavy atom. The predicted molar refractivity (Wildman–Crippen MR) is 95.3 cm³/mol. The fourth-order valence-electron chi connectivity index (χ4n) is 2.80. The second kappa shape index (κ2) is 8.18. The molecule has 2 amide bonds. The van der Waals surface area contributed by atoms with E-state index < -0.39 is 5.60 Å². The molecule has 0 radical (unpaired) electrons. The van der Waals surface area contributed by atoms with Gasteiger partial charge in [0.15, 0.2) is 0 Å². The summed E-state index contributed by atoms with van der Waals surface area (Å²) in [6.07, 6.45) is 0. The molecule has 136 valence electrons. The van der Waals surface area contributed by atoms with E-state index in [0.29, 0.717) is 17.9 Å². The fourth-order valence-corrected chi connectivity index (χ4v) is 2.80. The third kappa shape index (κ3) is 5.08. The Balaban J connectivity index is 1.97. The van der Waals surface area contributed by atoms with Crippen molar-refractivity contribution >= 4 is 6.03 Å². The Hall–Kier alpha value is -2.31. The summed E-state index contributed by atoms with van der Waals surface area (Å²) >= 11 is 0. The molecule has 2 aromatic rings. The lowest BCUT2D eigenvalue weighted by Gasteiger charge is -2.25. The van der Waals surface area contributed by atoms with Crippen LogP contribution >= 0.6 is 0 Å². The van der Waals surface area contributed by atoms with Crippen molar-refractivity contribution in [2.45, 2.75) is 32.4 Å². The van der Waals surface area contributed by atoms with Crippen molar-refractivity contribution < 1.29 is 19.1 Å². The number of aliphatic hydroxyl groups is 1. The number of methoxy groups -OCH3 is 1. The van der Waals surface area contributed by atoms with Gasteiger partial charge < -0.3 is 24.9 Å². The predicted octanol–water partition coefficient (Wildman–Crippen LogP) is 2.79. The number of aryl methyl sites for hydroxylation is 2. The number of rotatable bonds is 7. The Morgan fingerprint density at radius 2 is 2.00 bits per heavy atom. The molecule has 0 bridgehead atoms. The van der Waals surface area contributed by atoms with Crippen LogP contribution in [0.2, 0.25) is 0 Å². The molecule has 2 rings (SSSR count). The summed E-state index contributed by atoms with van der Waals surface area (Å²) in [5, 5.41) is 16.2. The first-order chi connectivity index (χ1) is 11.8. The zero-order valence-electron chi connectivity index (χ0n) is 15.1. The van der Waals surface area contributed by atoms with Crippen LogP contribution in [0.1, 0.15) is 35.6 Å². The van der Waals surface area contributed by atoms with Crippen LogP contribution in [0.3, 0.4) is 0 Å². The minimum atomic E-state index is -1.22. The van der Waals surface area contributed by atoms with E-state index in [1.165, 1.54) is 0 Å². The number of nitrogens with one attached hydrogen (secondary N) is 2. The summed E-state index contributed by atoms with van der Waals surface area (Å²) in [4.78, 5) is 12.3. The van der Waals surface area contributed by atoms with Gasteiger partial charge in [0.25, 0.3) is 0 Å². The second-order valence-electron chi connectivity index (χ2n) is 6.35. The minimum absolute atomic E-state index is 0.0626. The molecule has 0 saturated carbocycles. The van der Waals surface area contributed by atoms with Crippen LogP contribution in [-0.4, -0.2) is 31.4 Å². The molecule has 6 heteroatoms. The van der Waals surface area contributed by atoms with Gasteiger partial charge in [-0.25, -0.2) is 4.79 Å². The maximum Gasteiger partial charge on any atom is 0.315 e. The molecule has 3 N–H and O–H groups in total. The van der Waals surface area contributed by atoms with Crippen molar-refractivity contribution in [2.75, 3.05) is 20.3 Å². The van der Waals surface area contributed by atoms with E-state index >= 15 is 0 Å². The standard InChI is InChI=1S/C19H26N2O4/c1-13-10-16(14(2)25-13)19(3,23)12-20-18(22)21-17(11-24-4)15-8-6-5-7-9-15/h5-10,17,23H,11-12H2,1-4H3,(H2,20,21,22). The van der Waals surface area contributed by atoms with Gasteiger partial charge in [0.1, 0.15) is 17.1 Å². The topological polar surface area (TPSA) is 83.7 Å². The van der Waals surface area contributed by atoms with Crippen molar-refractivity contribution in [3.8, 4) is 0 Å². The molecule has 2 unspecified atom stereocenters. The molecule has 0 fully saturated rings. The summed E-state index contributed by atoms with van der Waals surface area (Å²) < 4.78 is 10.6. The van der Waals surface area contributed by atoms with Crippen LogP contribution in [0.5, 0.6) is 0 Å². The molecular weight excluding hydrogens is 320 g/mol. The average molecular weight is 346 g/mol. The third-order valence-corrected chi connectivity index (χ3v) is 4.05. The number of carbonyl (C=O) groups excluding carboxylic acids is 1. The largest absolute Gasteiger partial charge is 0.466 e. The van der Waals surface area contributed by atoms with Crippen LogP contribution in [0, 0.1) is 13.8 Å². The highest BCUT2D eigenvalue weighted by atomic mass is 16.5. The lowest BCUT2D eigenvalue weighted by molar-refractivity contribution is 0.0575. The molecule has 0 spiro atoms. The minimum Gasteiger partial charge on any atom is -0.466 e. The van der Waals surface area contributed by atoms with Gasteiger partial charge in [-0.2, -0.15) is 0 Å². The van der Waals surface area contributed by atoms with Crippen LogP contribution in [0.25, 0.3) is 0 Å². The summed E-state index contributed by atoms with van der Waals surface area (Å²) in [5.74, 6) is 1.37. The fraction of sp³-hybridized carbons (Fsp3) is 0.421. The maximum absolute atomic E-state index is 12.3. The molecule has 0 aliphatic carbocycles. The van der Waals surface area contributed by atoms with E-state index in [1.807, 2.05) is 37.3 Å². The summed E-state index contributed by atoms with van der Waals surface area (Å²) in [6.45, 7) is 5.68. The van der Waals surface area contributed by atoms with Crippen LogP contribution < -0.4 is 10.6 Å². The monoisotopic (exact) mass is 346 g/mol. The number of carbonyl (C=O) groups is 1. The molecule has 0 aliphatic heterocycles. The quantitative estimate of drug-likeness (QED) is 0.720. The van der Waals surface area contributed by atoms with Crippen LogP contribution in [0.15, 0.2) is 40.8 Å². The molecule has 25 heavy (non-hydrogen) atoms. The number of furan rings is 1. The first-order valence-corrected chi connectivity index (χ1v) is 8.21. The van der Waals surface area contributed by atoms with Gasteiger partial charge in [0.05, 0.1) is 19.2 Å². The van der Waals surface area contributed by atoms with E-state index in [0.717, 1.165) is 11.3 Å². The average Bonchev–Trinajstić information content (AvgIpc) is 2.93. The highest BCUT2D eigenvalue weighted by Crippen LogP contribution is 2.26. The highest BCUT2D eigenvalue weighted by Gasteiger charge is 2.28. The SMILES string of the molecule is COCC(NC(=O)NCC(C)(O)c1cc(C)oc1C)c1ccccc1. The van der Waals surface area contributed by atoms with Crippen molar-refractivity contribution in [2.24, 2.45) is 0 Å². The molecular formula is C19H26N2O4. The third-order valence-electron chi connectivity index (χ3n) is 4.05. The van der Waals surface area contributed by atoms with Crippen LogP contribution in [-0.2, 0) is 10.3 Å². The van der Waals surface area contributed by atoms with E-state index in [2.05, 4.69) is 10.6 Å². The maximum atomic E-state index is 12.3. The number of ether oxygens (including phenoxy) is 1. The zero-order valence-corrected chi connectivity index (χ0v) is 15.1. The Labute approximate surface area is 148 Å². The highest BCUT2D eigenvalue weighted by molar-refractivity contribution is 5.74. The van der Waals surface area contributed by atoms with E-state index in [4.69, 9.17) is 9.15 Å². The molecule has 0 saturated heterocycles. The summed E-state index contributed by atoms with van der Waals surface area (Å²) in [6, 6.07) is 10.7. The second-order valence-corrected chi connectivity index (χ2v) is 6.35. The lowest BCUT2D eigenvalue weighted by Crippen LogP contribution is -2.45. The molecule has 1 aromatic carbocycles. The van der Waals surface area contributed by atoms with Crippen LogP contribution in [0.4, 0.5) is 4.79 Å². The van der Waals surface area contributed by atoms with Gasteiger partial charge in [-0.3, -0.25) is 0 Å². The van der Waals surface area contributed by atoms with Crippen molar-refractivity contribution in [1.82, 2.24) is 10.6 Å². The Kier molecular flexibility index (Phi) is 6.22. The lowest BCUT2D eigenvalue weighted by atomic mass is 9.96. The number of hydrogen-bond acceptors (Lipinski definition) is 4. The molecule has 0 aliphatic rings. The number of benzene rings is 1. The Morgan fingerprint density at radius 3 is 2.56 bits per heavy atom. The zero-order chi connectivity index (χ0) is 18.4. The summed E-state index contributed by atoms with van der Waals surface area (Å²) in [7, 11) is 1.59. The van der Waals surface area contributed by atoms with Gasteiger partial charge in [-0.15, -0.1) is 0 Å². The number of amides is 2. The smallest absolute Gasteiger partial charge is 0.315 e. The van der Waals surface area contributed by atoms with Crippen molar-refractivity contribution in [1.29, 1.82) is 0 Å². The number of hydrogen-bond donors (Lipinski definition) is 3. The van der Waals surface area contributed by atoms with E-state index in [9.17, 15) is 9.90 Å². The van der Waals surface area contributed by atoms with Crippen molar-refractivity contribution in [3.63, 3.8) is 0 Å². The first kappa shape index (κ1) is 19.0. The van der Waals surface area contributed by atoms with E-state index in [-0.39, 0.29) is 18.6 Å². The van der Waals surface area contributed by atoms with Crippen molar-refractivity contribution in [3.05, 3.63) is 59.0 Å². The normalized spacial score (nSPS) is 14.6. The molecule has 6 nitrogen and oxygen atoms in total. The Bertz CT molecular complexity index is 695. The van der Waals surface area contributed by atoms with E-state index in [1.54, 1.807) is 27.0 Å². The number of urea groups is 1. The van der Waals surface area contributed by atoms with Gasteiger partial charge in [0.2, 0.25) is 0 Å². The molecule has 1 aromatic heterocycles. The molecule has 1 heterocycles. The van der Waals surface area contributed by atoms with Gasteiger partial charge >= 0.3 is 6.03 Å². The van der Waals surface area contributed by atoms with Gasteiger partial charge in [-0.1, -0.05) is 30.3 Å².